The lowest BCUT2D eigenvalue weighted by Gasteiger charge is -2.23. The number of alkyl halides is 1. The number of amides is 2. The van der Waals surface area contributed by atoms with E-state index in [2.05, 4.69) is 22.3 Å². The van der Waals surface area contributed by atoms with Crippen molar-refractivity contribution in [3.05, 3.63) is 54.6 Å². The Balaban J connectivity index is 1.71. The molecule has 0 saturated heterocycles. The number of unbranched alkanes of at least 4 members (excludes halogenated alkanes) is 12. The SMILES string of the molecule is CCCCCCCCCCCCCCCC(=O)Nc1cccc(NC(=O)C(F)(Oc2ccccc2)C(=O)OC)c1. The lowest BCUT2D eigenvalue weighted by molar-refractivity contribution is -0.181. The lowest BCUT2D eigenvalue weighted by Crippen LogP contribution is -2.51. The van der Waals surface area contributed by atoms with E-state index >= 15 is 4.39 Å². The summed E-state index contributed by atoms with van der Waals surface area (Å²) >= 11 is 0. The number of para-hydroxylation sites is 1. The van der Waals surface area contributed by atoms with Crippen LogP contribution in [0.4, 0.5) is 15.8 Å². The lowest BCUT2D eigenvalue weighted by atomic mass is 10.0. The van der Waals surface area contributed by atoms with Crippen molar-refractivity contribution in [1.29, 1.82) is 0 Å². The standard InChI is InChI=1S/C32H45FN2O5/c1-3-4-5-6-7-8-9-10-11-12-13-14-18-24-29(36)34-26-20-19-21-27(25-26)35-30(37)32(33,31(38)39-2)40-28-22-16-15-17-23-28/h15-17,19-23,25H,3-14,18,24H2,1-2H3,(H,34,36)(H,35,37). The van der Waals surface area contributed by atoms with Gasteiger partial charge in [0.05, 0.1) is 7.11 Å². The van der Waals surface area contributed by atoms with Crippen molar-refractivity contribution in [2.75, 3.05) is 17.7 Å². The van der Waals surface area contributed by atoms with E-state index < -0.39 is 17.7 Å². The van der Waals surface area contributed by atoms with Crippen LogP contribution in [0.25, 0.3) is 0 Å². The van der Waals surface area contributed by atoms with Crippen LogP contribution < -0.4 is 15.4 Å². The molecule has 1 unspecified atom stereocenters. The number of anilines is 2. The fourth-order valence-electron chi connectivity index (χ4n) is 4.38. The van der Waals surface area contributed by atoms with Crippen molar-refractivity contribution in [3.63, 3.8) is 0 Å². The molecular weight excluding hydrogens is 511 g/mol. The van der Waals surface area contributed by atoms with E-state index in [0.717, 1.165) is 26.4 Å². The molecule has 0 saturated carbocycles. The number of halogens is 1. The zero-order chi connectivity index (χ0) is 29.1. The van der Waals surface area contributed by atoms with Gasteiger partial charge in [0.15, 0.2) is 0 Å². The van der Waals surface area contributed by atoms with E-state index in [1.54, 1.807) is 30.3 Å². The second-order valence-electron chi connectivity index (χ2n) is 10.1. The predicted octanol–water partition coefficient (Wildman–Crippen LogP) is 7.96. The van der Waals surface area contributed by atoms with Gasteiger partial charge in [0.25, 0.3) is 0 Å². The number of hydrogen-bond acceptors (Lipinski definition) is 5. The summed E-state index contributed by atoms with van der Waals surface area (Å²) in [5.74, 6) is -6.38. The van der Waals surface area contributed by atoms with Crippen molar-refractivity contribution >= 4 is 29.2 Å². The van der Waals surface area contributed by atoms with Crippen LogP contribution in [-0.4, -0.2) is 30.7 Å². The first-order valence-corrected chi connectivity index (χ1v) is 14.6. The van der Waals surface area contributed by atoms with Gasteiger partial charge in [0.2, 0.25) is 5.91 Å². The van der Waals surface area contributed by atoms with Crippen LogP contribution in [-0.2, 0) is 19.1 Å². The summed E-state index contributed by atoms with van der Waals surface area (Å²) in [5, 5.41) is 5.14. The molecule has 0 radical (unpaired) electrons. The quantitative estimate of drug-likeness (QED) is 0.0980. The molecule has 8 heteroatoms. The Hall–Kier alpha value is -3.42. The fraction of sp³-hybridized carbons (Fsp3) is 0.531. The molecule has 2 aromatic rings. The maximum absolute atomic E-state index is 15.4. The molecule has 1 atom stereocenters. The minimum Gasteiger partial charge on any atom is -0.463 e. The van der Waals surface area contributed by atoms with Crippen LogP contribution in [0.3, 0.4) is 0 Å². The molecule has 2 aromatic carbocycles. The normalized spacial score (nSPS) is 12.3. The van der Waals surface area contributed by atoms with Gasteiger partial charge in [-0.2, -0.15) is 4.39 Å². The highest BCUT2D eigenvalue weighted by Crippen LogP contribution is 2.24. The van der Waals surface area contributed by atoms with E-state index in [-0.39, 0.29) is 17.3 Å². The van der Waals surface area contributed by atoms with Gasteiger partial charge in [0.1, 0.15) is 5.75 Å². The maximum Gasteiger partial charge on any atom is 0.425 e. The van der Waals surface area contributed by atoms with Crippen molar-refractivity contribution < 1.29 is 28.2 Å². The summed E-state index contributed by atoms with van der Waals surface area (Å²) in [7, 11) is 0.964. The highest BCUT2D eigenvalue weighted by atomic mass is 19.2. The van der Waals surface area contributed by atoms with Gasteiger partial charge in [-0.15, -0.1) is 0 Å². The Morgan fingerprint density at radius 2 is 1.25 bits per heavy atom. The molecule has 0 aliphatic carbocycles. The van der Waals surface area contributed by atoms with Crippen molar-refractivity contribution in [1.82, 2.24) is 0 Å². The molecule has 0 aliphatic heterocycles. The number of esters is 1. The smallest absolute Gasteiger partial charge is 0.425 e. The molecule has 2 N–H and O–H groups in total. The third kappa shape index (κ3) is 12.2. The molecule has 0 spiro atoms. The largest absolute Gasteiger partial charge is 0.463 e. The second-order valence-corrected chi connectivity index (χ2v) is 10.1. The average Bonchev–Trinajstić information content (AvgIpc) is 2.95. The number of nitrogens with one attached hydrogen (secondary N) is 2. The van der Waals surface area contributed by atoms with Crippen LogP contribution in [0.1, 0.15) is 96.8 Å². The highest BCUT2D eigenvalue weighted by molar-refractivity contribution is 6.10. The van der Waals surface area contributed by atoms with Crippen LogP contribution in [0.5, 0.6) is 5.75 Å². The fourth-order valence-corrected chi connectivity index (χ4v) is 4.38. The molecule has 0 fully saturated rings. The van der Waals surface area contributed by atoms with Gasteiger partial charge in [-0.25, -0.2) is 4.79 Å². The first-order valence-electron chi connectivity index (χ1n) is 14.6. The average molecular weight is 557 g/mol. The van der Waals surface area contributed by atoms with Crippen molar-refractivity contribution in [3.8, 4) is 5.75 Å². The summed E-state index contributed by atoms with van der Waals surface area (Å²) in [4.78, 5) is 37.2. The number of ether oxygens (including phenoxy) is 2. The van der Waals surface area contributed by atoms with Crippen molar-refractivity contribution in [2.24, 2.45) is 0 Å². The topological polar surface area (TPSA) is 93.7 Å². The Labute approximate surface area is 238 Å². The maximum atomic E-state index is 15.4. The predicted molar refractivity (Wildman–Crippen MR) is 157 cm³/mol. The highest BCUT2D eigenvalue weighted by Gasteiger charge is 2.51. The Kier molecular flexibility index (Phi) is 15.4. The summed E-state index contributed by atoms with van der Waals surface area (Å²) in [6, 6.07) is 13.9. The van der Waals surface area contributed by atoms with E-state index in [1.165, 1.54) is 88.5 Å². The molecule has 0 heterocycles. The van der Waals surface area contributed by atoms with Crippen LogP contribution in [0.15, 0.2) is 54.6 Å². The van der Waals surface area contributed by atoms with E-state index in [9.17, 15) is 14.4 Å². The second kappa shape index (κ2) is 18.8. The van der Waals surface area contributed by atoms with Gasteiger partial charge in [-0.3, -0.25) is 9.59 Å². The number of methoxy groups -OCH3 is 1. The van der Waals surface area contributed by atoms with Crippen LogP contribution in [0, 0.1) is 0 Å². The van der Waals surface area contributed by atoms with Gasteiger partial charge in [-0.1, -0.05) is 108 Å². The Morgan fingerprint density at radius 3 is 1.80 bits per heavy atom. The first kappa shape index (κ1) is 32.8. The Morgan fingerprint density at radius 1 is 0.725 bits per heavy atom. The first-order chi connectivity index (χ1) is 19.4. The molecule has 40 heavy (non-hydrogen) atoms. The minimum atomic E-state index is -3.40. The summed E-state index contributed by atoms with van der Waals surface area (Å²) in [6.45, 7) is 2.24. The summed E-state index contributed by atoms with van der Waals surface area (Å²) < 4.78 is 25.0. The van der Waals surface area contributed by atoms with E-state index in [1.807, 2.05) is 0 Å². The van der Waals surface area contributed by atoms with Crippen LogP contribution >= 0.6 is 0 Å². The molecule has 0 bridgehead atoms. The monoisotopic (exact) mass is 556 g/mol. The third-order valence-corrected chi connectivity index (χ3v) is 6.65. The molecule has 7 nitrogen and oxygen atoms in total. The van der Waals surface area contributed by atoms with E-state index in [4.69, 9.17) is 4.74 Å². The molecular formula is C32H45FN2O5. The number of rotatable bonds is 20. The van der Waals surface area contributed by atoms with E-state index in [0.29, 0.717) is 12.1 Å². The number of hydrogen-bond donors (Lipinski definition) is 2. The minimum absolute atomic E-state index is 0.0141. The third-order valence-electron chi connectivity index (χ3n) is 6.65. The summed E-state index contributed by atoms with van der Waals surface area (Å²) in [5.41, 5.74) is 0.635. The van der Waals surface area contributed by atoms with Crippen molar-refractivity contribution in [2.45, 2.75) is 103 Å². The van der Waals surface area contributed by atoms with Crippen LogP contribution in [0.2, 0.25) is 0 Å². The van der Waals surface area contributed by atoms with Gasteiger partial charge in [0, 0.05) is 17.8 Å². The zero-order valence-corrected chi connectivity index (χ0v) is 24.0. The summed E-state index contributed by atoms with van der Waals surface area (Å²) in [6.07, 6.45) is 16.5. The number of carbonyl (C=O) groups is 3. The molecule has 2 amide bonds. The zero-order valence-electron chi connectivity index (χ0n) is 24.0. The number of benzene rings is 2. The molecule has 2 rings (SSSR count). The Bertz CT molecular complexity index is 1030. The van der Waals surface area contributed by atoms with Gasteiger partial charge in [-0.05, 0) is 36.8 Å². The molecule has 0 aromatic heterocycles. The van der Waals surface area contributed by atoms with Gasteiger partial charge < -0.3 is 20.1 Å². The molecule has 0 aliphatic rings. The number of carbonyl (C=O) groups excluding carboxylic acids is 3. The van der Waals surface area contributed by atoms with Gasteiger partial charge >= 0.3 is 17.7 Å². The molecule has 220 valence electrons.